The van der Waals surface area contributed by atoms with Crippen LogP contribution in [0.2, 0.25) is 5.02 Å². The van der Waals surface area contributed by atoms with Gasteiger partial charge in [0.2, 0.25) is 11.8 Å². The maximum atomic E-state index is 13.3. The molecule has 3 saturated heterocycles. The molecule has 1 saturated carbocycles. The Bertz CT molecular complexity index is 810. The minimum absolute atomic E-state index is 0.0164. The highest BCUT2D eigenvalue weighted by molar-refractivity contribution is 6.30. The largest absolute Gasteiger partial charge is 0.368 e. The van der Waals surface area contributed by atoms with E-state index in [0.29, 0.717) is 6.04 Å². The number of likely N-dealkylation sites (N-methyl/N-ethyl adjacent to an activating group) is 1. The van der Waals surface area contributed by atoms with E-state index in [4.69, 9.17) is 11.6 Å². The van der Waals surface area contributed by atoms with Crippen LogP contribution in [0.15, 0.2) is 24.3 Å². The molecule has 3 aliphatic heterocycles. The number of carbonyl (C=O) groups excluding carboxylic acids is 2. The van der Waals surface area contributed by atoms with Crippen LogP contribution in [0.1, 0.15) is 25.7 Å². The molecule has 4 unspecified atom stereocenters. The van der Waals surface area contributed by atoms with Crippen LogP contribution in [0.25, 0.3) is 0 Å². The van der Waals surface area contributed by atoms with E-state index >= 15 is 0 Å². The molecule has 30 heavy (non-hydrogen) atoms. The maximum Gasteiger partial charge on any atom is 0.241 e. The number of carbonyl (C=O) groups is 2. The number of amides is 2. The van der Waals surface area contributed by atoms with Crippen molar-refractivity contribution in [3.05, 3.63) is 29.3 Å². The smallest absolute Gasteiger partial charge is 0.241 e. The quantitative estimate of drug-likeness (QED) is 0.770. The molecule has 0 bridgehead atoms. The standard InChI is InChI=1S/C22H30ClN5O2/c1-25-20-14-15(2-7-18(20)28-19(22(25)30)8-9-24-28)21(29)27-12-10-26(11-13-27)17-5-3-16(23)4-6-17/h3-6,15,18-20,24H,2,7-14H2,1H3. The van der Waals surface area contributed by atoms with Crippen LogP contribution in [0.3, 0.4) is 0 Å². The number of hydrogen-bond acceptors (Lipinski definition) is 5. The number of piperazine rings is 2. The molecule has 4 atom stereocenters. The fourth-order valence-corrected chi connectivity index (χ4v) is 5.89. The molecule has 1 aromatic carbocycles. The fourth-order valence-electron chi connectivity index (χ4n) is 5.76. The molecule has 8 heteroatoms. The zero-order valence-corrected chi connectivity index (χ0v) is 18.2. The van der Waals surface area contributed by atoms with Crippen molar-refractivity contribution in [2.24, 2.45) is 5.92 Å². The van der Waals surface area contributed by atoms with Crippen molar-refractivity contribution in [1.29, 1.82) is 0 Å². The highest BCUT2D eigenvalue weighted by Gasteiger charge is 2.50. The van der Waals surface area contributed by atoms with Gasteiger partial charge in [0, 0.05) is 68.5 Å². The molecule has 1 aliphatic carbocycles. The first kappa shape index (κ1) is 20.1. The molecule has 4 fully saturated rings. The minimum Gasteiger partial charge on any atom is -0.368 e. The first-order valence-electron chi connectivity index (χ1n) is 11.1. The number of nitrogens with zero attached hydrogens (tertiary/aromatic N) is 4. The van der Waals surface area contributed by atoms with Gasteiger partial charge in [-0.25, -0.2) is 5.01 Å². The lowest BCUT2D eigenvalue weighted by Crippen LogP contribution is -2.67. The number of benzene rings is 1. The van der Waals surface area contributed by atoms with Gasteiger partial charge in [-0.3, -0.25) is 15.0 Å². The molecule has 0 radical (unpaired) electrons. The van der Waals surface area contributed by atoms with Crippen LogP contribution in [0.4, 0.5) is 5.69 Å². The molecule has 2 amide bonds. The van der Waals surface area contributed by atoms with Crippen molar-refractivity contribution >= 4 is 29.1 Å². The van der Waals surface area contributed by atoms with E-state index in [0.717, 1.165) is 69.1 Å². The molecular formula is C22H30ClN5O2. The summed E-state index contributed by atoms with van der Waals surface area (Å²) in [6.45, 7) is 4.04. The summed E-state index contributed by atoms with van der Waals surface area (Å²) in [5.41, 5.74) is 4.57. The Hall–Kier alpha value is -1.83. The Morgan fingerprint density at radius 2 is 1.77 bits per heavy atom. The predicted octanol–water partition coefficient (Wildman–Crippen LogP) is 1.58. The molecule has 4 aliphatic rings. The summed E-state index contributed by atoms with van der Waals surface area (Å²) in [6.07, 6.45) is 3.53. The Morgan fingerprint density at radius 1 is 1.03 bits per heavy atom. The van der Waals surface area contributed by atoms with Crippen LogP contribution in [-0.4, -0.2) is 84.5 Å². The number of nitrogens with one attached hydrogen (secondary N) is 1. The summed E-state index contributed by atoms with van der Waals surface area (Å²) in [4.78, 5) is 32.3. The van der Waals surface area contributed by atoms with Crippen LogP contribution in [-0.2, 0) is 9.59 Å². The minimum atomic E-state index is -0.0237. The summed E-state index contributed by atoms with van der Waals surface area (Å²) in [5, 5.41) is 2.93. The molecule has 5 rings (SSSR count). The monoisotopic (exact) mass is 431 g/mol. The number of halogens is 1. The zero-order valence-electron chi connectivity index (χ0n) is 17.5. The molecule has 3 heterocycles. The molecule has 1 N–H and O–H groups in total. The second-order valence-corrected chi connectivity index (χ2v) is 9.44. The van der Waals surface area contributed by atoms with Crippen molar-refractivity contribution < 1.29 is 9.59 Å². The van der Waals surface area contributed by atoms with E-state index in [-0.39, 0.29) is 29.8 Å². The van der Waals surface area contributed by atoms with Gasteiger partial charge in [-0.2, -0.15) is 0 Å². The van der Waals surface area contributed by atoms with Gasteiger partial charge in [-0.15, -0.1) is 0 Å². The Balaban J connectivity index is 1.20. The number of hydrazine groups is 1. The number of fused-ring (bicyclic) bond motifs is 3. The predicted molar refractivity (Wildman–Crippen MR) is 116 cm³/mol. The highest BCUT2D eigenvalue weighted by atomic mass is 35.5. The van der Waals surface area contributed by atoms with Gasteiger partial charge < -0.3 is 14.7 Å². The van der Waals surface area contributed by atoms with Crippen molar-refractivity contribution in [2.75, 3.05) is 44.7 Å². The second kappa shape index (κ2) is 8.02. The molecule has 0 aromatic heterocycles. The molecular weight excluding hydrogens is 402 g/mol. The third-order valence-electron chi connectivity index (χ3n) is 7.45. The number of rotatable bonds is 2. The molecule has 0 spiro atoms. The maximum absolute atomic E-state index is 13.3. The Labute approximate surface area is 182 Å². The van der Waals surface area contributed by atoms with E-state index in [2.05, 4.69) is 15.3 Å². The molecule has 162 valence electrons. The first-order chi connectivity index (χ1) is 14.5. The van der Waals surface area contributed by atoms with Gasteiger partial charge in [0.15, 0.2) is 0 Å². The molecule has 1 aromatic rings. The van der Waals surface area contributed by atoms with E-state index in [1.54, 1.807) is 0 Å². The Morgan fingerprint density at radius 3 is 2.50 bits per heavy atom. The summed E-state index contributed by atoms with van der Waals surface area (Å²) in [6, 6.07) is 8.32. The average molecular weight is 432 g/mol. The van der Waals surface area contributed by atoms with Crippen LogP contribution in [0.5, 0.6) is 0 Å². The second-order valence-electron chi connectivity index (χ2n) is 9.00. The van der Waals surface area contributed by atoms with Gasteiger partial charge in [-0.1, -0.05) is 11.6 Å². The zero-order chi connectivity index (χ0) is 20.8. The van der Waals surface area contributed by atoms with Crippen LogP contribution < -0.4 is 10.3 Å². The fraction of sp³-hybridized carbons (Fsp3) is 0.636. The number of hydrogen-bond donors (Lipinski definition) is 1. The summed E-state index contributed by atoms with van der Waals surface area (Å²) in [7, 11) is 1.92. The lowest BCUT2D eigenvalue weighted by atomic mass is 9.78. The van der Waals surface area contributed by atoms with Crippen molar-refractivity contribution in [2.45, 2.75) is 43.8 Å². The third kappa shape index (κ3) is 3.47. The van der Waals surface area contributed by atoms with Gasteiger partial charge >= 0.3 is 0 Å². The summed E-state index contributed by atoms with van der Waals surface area (Å²) in [5.74, 6) is 0.482. The van der Waals surface area contributed by atoms with Crippen molar-refractivity contribution in [3.8, 4) is 0 Å². The summed E-state index contributed by atoms with van der Waals surface area (Å²) >= 11 is 6.00. The van der Waals surface area contributed by atoms with Gasteiger partial charge in [0.1, 0.15) is 6.04 Å². The SMILES string of the molecule is CN1C(=O)C2CCNN2C2CCC(C(=O)N3CCN(c4ccc(Cl)cc4)CC3)CC21. The normalized spacial score (nSPS) is 32.2. The van der Waals surface area contributed by atoms with Crippen molar-refractivity contribution in [1.82, 2.24) is 20.2 Å². The highest BCUT2D eigenvalue weighted by Crippen LogP contribution is 2.37. The lowest BCUT2D eigenvalue weighted by Gasteiger charge is -2.51. The van der Waals surface area contributed by atoms with E-state index < -0.39 is 0 Å². The Kier molecular flexibility index (Phi) is 5.37. The number of anilines is 1. The van der Waals surface area contributed by atoms with Crippen molar-refractivity contribution in [3.63, 3.8) is 0 Å². The molecule has 7 nitrogen and oxygen atoms in total. The first-order valence-corrected chi connectivity index (χ1v) is 11.5. The third-order valence-corrected chi connectivity index (χ3v) is 7.70. The van der Waals surface area contributed by atoms with Crippen LogP contribution in [0, 0.1) is 5.92 Å². The average Bonchev–Trinajstić information content (AvgIpc) is 3.27. The van der Waals surface area contributed by atoms with E-state index in [9.17, 15) is 9.59 Å². The van der Waals surface area contributed by atoms with Gasteiger partial charge in [-0.05, 0) is 49.9 Å². The van der Waals surface area contributed by atoms with E-state index in [1.165, 1.54) is 0 Å². The van der Waals surface area contributed by atoms with Crippen LogP contribution >= 0.6 is 11.6 Å². The van der Waals surface area contributed by atoms with Gasteiger partial charge in [0.25, 0.3) is 0 Å². The van der Waals surface area contributed by atoms with Gasteiger partial charge in [0.05, 0.1) is 0 Å². The lowest BCUT2D eigenvalue weighted by molar-refractivity contribution is -0.155. The topological polar surface area (TPSA) is 59.1 Å². The van der Waals surface area contributed by atoms with E-state index in [1.807, 2.05) is 41.1 Å². The summed E-state index contributed by atoms with van der Waals surface area (Å²) < 4.78 is 0.